The number of hydrogen-bond donors (Lipinski definition) is 1. The monoisotopic (exact) mass is 224 g/mol. The van der Waals surface area contributed by atoms with Gasteiger partial charge in [0.25, 0.3) is 0 Å². The molecule has 2 aromatic rings. The molecule has 2 rings (SSSR count). The minimum Gasteiger partial charge on any atom is -0.496 e. The highest BCUT2D eigenvalue weighted by Gasteiger charge is 2.07. The molecule has 1 N–H and O–H groups in total. The molecular formula is C14H12N2O. The summed E-state index contributed by atoms with van der Waals surface area (Å²) in [5.41, 5.74) is 2.27. The van der Waals surface area contributed by atoms with Crippen molar-refractivity contribution in [1.29, 1.82) is 5.26 Å². The molecule has 0 spiro atoms. The van der Waals surface area contributed by atoms with Crippen LogP contribution in [-0.2, 0) is 0 Å². The van der Waals surface area contributed by atoms with Crippen LogP contribution in [0, 0.1) is 11.3 Å². The van der Waals surface area contributed by atoms with Gasteiger partial charge in [0.15, 0.2) is 0 Å². The predicted molar refractivity (Wildman–Crippen MR) is 67.3 cm³/mol. The molecule has 0 aliphatic carbocycles. The minimum atomic E-state index is 0.574. The Morgan fingerprint density at radius 3 is 2.76 bits per heavy atom. The van der Waals surface area contributed by atoms with Crippen molar-refractivity contribution < 1.29 is 4.74 Å². The van der Waals surface area contributed by atoms with Crippen molar-refractivity contribution in [3.63, 3.8) is 0 Å². The Balaban J connectivity index is 2.47. The van der Waals surface area contributed by atoms with E-state index in [0.29, 0.717) is 11.3 Å². The summed E-state index contributed by atoms with van der Waals surface area (Å²) in [5, 5.41) is 9.21. The van der Waals surface area contributed by atoms with Gasteiger partial charge in [-0.3, -0.25) is 0 Å². The molecule has 0 fully saturated rings. The van der Waals surface area contributed by atoms with E-state index in [0.717, 1.165) is 11.3 Å². The fourth-order valence-corrected chi connectivity index (χ4v) is 1.63. The largest absolute Gasteiger partial charge is 0.496 e. The third kappa shape index (κ3) is 2.37. The first-order chi connectivity index (χ1) is 8.35. The van der Waals surface area contributed by atoms with Gasteiger partial charge in [-0.2, -0.15) is 5.26 Å². The predicted octanol–water partition coefficient (Wildman–Crippen LogP) is 3.09. The number of aromatic nitrogens is 1. The molecule has 84 valence electrons. The van der Waals surface area contributed by atoms with Crippen LogP contribution in [0.5, 0.6) is 5.75 Å². The zero-order chi connectivity index (χ0) is 12.1. The summed E-state index contributed by atoms with van der Waals surface area (Å²) in [5.74, 6) is 0.701. The Bertz CT molecular complexity index is 562. The molecule has 0 unspecified atom stereocenters. The van der Waals surface area contributed by atoms with Crippen LogP contribution in [0.3, 0.4) is 0 Å². The average molecular weight is 224 g/mol. The first-order valence-corrected chi connectivity index (χ1v) is 5.23. The number of H-pyrrole nitrogens is 1. The first kappa shape index (κ1) is 11.0. The average Bonchev–Trinajstić information content (AvgIpc) is 2.89. The first-order valence-electron chi connectivity index (χ1n) is 5.23. The van der Waals surface area contributed by atoms with Gasteiger partial charge in [0.05, 0.1) is 18.8 Å². The third-order valence-electron chi connectivity index (χ3n) is 2.44. The molecule has 1 aromatic carbocycles. The van der Waals surface area contributed by atoms with Crippen LogP contribution in [-0.4, -0.2) is 12.1 Å². The van der Waals surface area contributed by atoms with Crippen molar-refractivity contribution in [2.45, 2.75) is 0 Å². The number of rotatable bonds is 3. The molecule has 17 heavy (non-hydrogen) atoms. The summed E-state index contributed by atoms with van der Waals surface area (Å²) in [6, 6.07) is 13.5. The van der Waals surface area contributed by atoms with E-state index in [1.54, 1.807) is 13.2 Å². The van der Waals surface area contributed by atoms with Crippen molar-refractivity contribution in [3.05, 3.63) is 53.9 Å². The lowest BCUT2D eigenvalue weighted by molar-refractivity contribution is 0.413. The maximum absolute atomic E-state index is 9.21. The molecule has 1 heterocycles. The van der Waals surface area contributed by atoms with Gasteiger partial charge >= 0.3 is 0 Å². The van der Waals surface area contributed by atoms with Gasteiger partial charge in [-0.05, 0) is 30.3 Å². The number of hydrogen-bond acceptors (Lipinski definition) is 2. The fraction of sp³-hybridized carbons (Fsp3) is 0.0714. The molecular weight excluding hydrogens is 212 g/mol. The van der Waals surface area contributed by atoms with E-state index < -0.39 is 0 Å². The maximum Gasteiger partial charge on any atom is 0.127 e. The molecule has 0 atom stereocenters. The highest BCUT2D eigenvalue weighted by atomic mass is 16.5. The van der Waals surface area contributed by atoms with Crippen molar-refractivity contribution >= 4 is 11.6 Å². The standard InChI is InChI=1S/C14H12N2O/c1-17-14-7-3-2-6-13(14)11(10-15)9-12-5-4-8-16-12/h2-9,16H,1H3/b11-9+. The molecule has 0 aliphatic rings. The summed E-state index contributed by atoms with van der Waals surface area (Å²) < 4.78 is 5.25. The number of nitriles is 1. The van der Waals surface area contributed by atoms with Gasteiger partial charge in [0.2, 0.25) is 0 Å². The van der Waals surface area contributed by atoms with Crippen LogP contribution < -0.4 is 4.74 Å². The Morgan fingerprint density at radius 2 is 2.12 bits per heavy atom. The number of aromatic amines is 1. The molecule has 1 aromatic heterocycles. The third-order valence-corrected chi connectivity index (χ3v) is 2.44. The Kier molecular flexibility index (Phi) is 3.27. The zero-order valence-corrected chi connectivity index (χ0v) is 9.47. The molecule has 0 amide bonds. The van der Waals surface area contributed by atoms with Crippen molar-refractivity contribution in [3.8, 4) is 11.8 Å². The lowest BCUT2D eigenvalue weighted by Crippen LogP contribution is -1.90. The van der Waals surface area contributed by atoms with E-state index in [1.165, 1.54) is 0 Å². The van der Waals surface area contributed by atoms with Gasteiger partial charge < -0.3 is 9.72 Å². The highest BCUT2D eigenvalue weighted by molar-refractivity contribution is 5.91. The number of ether oxygens (including phenoxy) is 1. The van der Waals surface area contributed by atoms with Gasteiger partial charge in [0, 0.05) is 17.5 Å². The van der Waals surface area contributed by atoms with Crippen LogP contribution in [0.15, 0.2) is 42.6 Å². The van der Waals surface area contributed by atoms with Crippen molar-refractivity contribution in [2.24, 2.45) is 0 Å². The van der Waals surface area contributed by atoms with E-state index in [-0.39, 0.29) is 0 Å². The van der Waals surface area contributed by atoms with Gasteiger partial charge in [-0.1, -0.05) is 12.1 Å². The summed E-state index contributed by atoms with van der Waals surface area (Å²) in [6.07, 6.45) is 3.63. The van der Waals surface area contributed by atoms with Crippen molar-refractivity contribution in [1.82, 2.24) is 4.98 Å². The number of benzene rings is 1. The topological polar surface area (TPSA) is 48.8 Å². The van der Waals surface area contributed by atoms with E-state index in [4.69, 9.17) is 4.74 Å². The van der Waals surface area contributed by atoms with Crippen LogP contribution in [0.1, 0.15) is 11.3 Å². The highest BCUT2D eigenvalue weighted by Crippen LogP contribution is 2.26. The number of methoxy groups -OCH3 is 1. The molecule has 0 bridgehead atoms. The van der Waals surface area contributed by atoms with Crippen LogP contribution >= 0.6 is 0 Å². The van der Waals surface area contributed by atoms with Gasteiger partial charge in [0.1, 0.15) is 5.75 Å². The molecule has 3 nitrogen and oxygen atoms in total. The van der Waals surface area contributed by atoms with Gasteiger partial charge in [-0.25, -0.2) is 0 Å². The fourth-order valence-electron chi connectivity index (χ4n) is 1.63. The summed E-state index contributed by atoms with van der Waals surface area (Å²) in [4.78, 5) is 3.04. The Labute approximate surface area is 100.0 Å². The number of para-hydroxylation sites is 1. The number of nitrogens with zero attached hydrogens (tertiary/aromatic N) is 1. The smallest absolute Gasteiger partial charge is 0.127 e. The molecule has 0 aliphatic heterocycles. The lowest BCUT2D eigenvalue weighted by Gasteiger charge is -2.06. The SMILES string of the molecule is COc1ccccc1/C(C#N)=C/c1ccc[nH]1. The van der Waals surface area contributed by atoms with Crippen LogP contribution in [0.2, 0.25) is 0 Å². The second-order valence-corrected chi connectivity index (χ2v) is 3.50. The summed E-state index contributed by atoms with van der Waals surface area (Å²) in [7, 11) is 1.60. The Hall–Kier alpha value is -2.47. The number of allylic oxidation sites excluding steroid dienone is 1. The maximum atomic E-state index is 9.21. The van der Waals surface area contributed by atoms with E-state index in [2.05, 4.69) is 11.1 Å². The normalized spacial score (nSPS) is 10.9. The van der Waals surface area contributed by atoms with Crippen LogP contribution in [0.25, 0.3) is 11.6 Å². The molecule has 0 saturated heterocycles. The van der Waals surface area contributed by atoms with Gasteiger partial charge in [-0.15, -0.1) is 0 Å². The van der Waals surface area contributed by atoms with E-state index in [9.17, 15) is 5.26 Å². The van der Waals surface area contributed by atoms with E-state index >= 15 is 0 Å². The molecule has 0 saturated carbocycles. The molecule has 3 heteroatoms. The summed E-state index contributed by atoms with van der Waals surface area (Å²) in [6.45, 7) is 0. The Morgan fingerprint density at radius 1 is 1.29 bits per heavy atom. The quantitative estimate of drug-likeness (QED) is 0.814. The minimum absolute atomic E-state index is 0.574. The molecule has 0 radical (unpaired) electrons. The number of nitrogens with one attached hydrogen (secondary N) is 1. The van der Waals surface area contributed by atoms with E-state index in [1.807, 2.05) is 42.6 Å². The summed E-state index contributed by atoms with van der Waals surface area (Å²) >= 11 is 0. The van der Waals surface area contributed by atoms with Crippen molar-refractivity contribution in [2.75, 3.05) is 7.11 Å². The lowest BCUT2D eigenvalue weighted by atomic mass is 10.0. The van der Waals surface area contributed by atoms with Crippen LogP contribution in [0.4, 0.5) is 0 Å². The second kappa shape index (κ2) is 5.04. The second-order valence-electron chi connectivity index (χ2n) is 3.50. The zero-order valence-electron chi connectivity index (χ0n) is 9.47.